The Bertz CT molecular complexity index is 1040. The van der Waals surface area contributed by atoms with Crippen molar-refractivity contribution in [3.8, 4) is 11.5 Å². The Balaban J connectivity index is 1.50. The lowest BCUT2D eigenvalue weighted by atomic mass is 10.2. The molecule has 0 unspecified atom stereocenters. The van der Waals surface area contributed by atoms with Crippen LogP contribution in [0.25, 0.3) is 0 Å². The number of benzene rings is 2. The van der Waals surface area contributed by atoms with Gasteiger partial charge in [0.2, 0.25) is 11.8 Å². The minimum atomic E-state index is -0.582. The van der Waals surface area contributed by atoms with E-state index in [0.717, 1.165) is 25.4 Å². The van der Waals surface area contributed by atoms with Crippen LogP contribution in [0.15, 0.2) is 53.5 Å². The van der Waals surface area contributed by atoms with E-state index in [1.165, 1.54) is 11.8 Å². The molecule has 35 heavy (non-hydrogen) atoms. The highest BCUT2D eigenvalue weighted by Crippen LogP contribution is 2.30. The number of thioether (sulfide) groups is 1. The zero-order valence-electron chi connectivity index (χ0n) is 19.9. The van der Waals surface area contributed by atoms with Gasteiger partial charge in [0, 0.05) is 38.3 Å². The molecule has 10 heteroatoms. The molecule has 2 aliphatic rings. The summed E-state index contributed by atoms with van der Waals surface area (Å²) in [7, 11) is 3.20. The number of hydrogen-bond donors (Lipinski definition) is 1. The van der Waals surface area contributed by atoms with Crippen molar-refractivity contribution in [3.63, 3.8) is 0 Å². The number of aliphatic imine (C=N–C) groups is 1. The summed E-state index contributed by atoms with van der Waals surface area (Å²) in [6, 6.07) is 14.4. The topological polar surface area (TPSA) is 92.7 Å². The monoisotopic (exact) mass is 498 g/mol. The summed E-state index contributed by atoms with van der Waals surface area (Å²) in [5.74, 6) is 1.08. The van der Waals surface area contributed by atoms with E-state index in [4.69, 9.17) is 19.2 Å². The number of carbonyl (C=O) groups is 2. The third-order valence-corrected chi connectivity index (χ3v) is 7.02. The summed E-state index contributed by atoms with van der Waals surface area (Å²) < 4.78 is 15.8. The maximum Gasteiger partial charge on any atom is 0.238 e. The molecule has 2 fully saturated rings. The summed E-state index contributed by atoms with van der Waals surface area (Å²) in [5.41, 5.74) is 1.33. The second-order valence-electron chi connectivity index (χ2n) is 8.12. The van der Waals surface area contributed by atoms with Crippen molar-refractivity contribution in [2.24, 2.45) is 4.99 Å². The van der Waals surface area contributed by atoms with Crippen LogP contribution in [-0.2, 0) is 14.3 Å². The van der Waals surface area contributed by atoms with Gasteiger partial charge in [0.15, 0.2) is 5.17 Å². The first kappa shape index (κ1) is 25.0. The molecular weight excluding hydrogens is 468 g/mol. The van der Waals surface area contributed by atoms with Gasteiger partial charge in [-0.2, -0.15) is 0 Å². The number of ether oxygens (including phenoxy) is 3. The molecule has 2 aliphatic heterocycles. The maximum atomic E-state index is 13.2. The van der Waals surface area contributed by atoms with Gasteiger partial charge in [0.25, 0.3) is 0 Å². The Labute approximate surface area is 209 Å². The fourth-order valence-corrected chi connectivity index (χ4v) is 4.92. The van der Waals surface area contributed by atoms with E-state index < -0.39 is 5.25 Å². The summed E-state index contributed by atoms with van der Waals surface area (Å²) in [6.45, 7) is 4.31. The van der Waals surface area contributed by atoms with Crippen molar-refractivity contribution in [2.45, 2.75) is 11.7 Å². The van der Waals surface area contributed by atoms with E-state index in [-0.39, 0.29) is 18.2 Å². The minimum absolute atomic E-state index is 0.109. The Morgan fingerprint density at radius 1 is 1.03 bits per heavy atom. The van der Waals surface area contributed by atoms with Gasteiger partial charge in [-0.1, -0.05) is 11.8 Å². The maximum absolute atomic E-state index is 13.2. The largest absolute Gasteiger partial charge is 0.497 e. The number of carbonyl (C=O) groups excluding carboxylic acids is 2. The molecule has 2 saturated heterocycles. The van der Waals surface area contributed by atoms with Crippen LogP contribution in [-0.4, -0.2) is 85.6 Å². The number of amidine groups is 1. The number of nitrogens with zero attached hydrogens (tertiary/aromatic N) is 3. The van der Waals surface area contributed by atoms with E-state index in [1.54, 1.807) is 43.4 Å². The minimum Gasteiger partial charge on any atom is -0.497 e. The zero-order valence-corrected chi connectivity index (χ0v) is 20.8. The standard InChI is InChI=1S/C25H30N4O5S/c1-32-20-7-3-18(4-8-20)26-24(31)22-17-23(30)29(12-11-28-13-15-34-16-14-28)25(35-22)27-19-5-9-21(33-2)10-6-19/h3-10,22H,11-17H2,1-2H3,(H,26,31)/t22-/m0/s1. The molecule has 4 rings (SSSR count). The van der Waals surface area contributed by atoms with Gasteiger partial charge in [-0.15, -0.1) is 0 Å². The lowest BCUT2D eigenvalue weighted by Gasteiger charge is -2.34. The lowest BCUT2D eigenvalue weighted by molar-refractivity contribution is -0.129. The van der Waals surface area contributed by atoms with Crippen LogP contribution in [0.4, 0.5) is 11.4 Å². The summed E-state index contributed by atoms with van der Waals surface area (Å²) in [4.78, 5) is 34.9. The van der Waals surface area contributed by atoms with E-state index in [1.807, 2.05) is 24.3 Å². The van der Waals surface area contributed by atoms with Crippen molar-refractivity contribution in [3.05, 3.63) is 48.5 Å². The summed E-state index contributed by atoms with van der Waals surface area (Å²) in [6.07, 6.45) is 0.109. The fourth-order valence-electron chi connectivity index (χ4n) is 3.79. The number of nitrogens with one attached hydrogen (secondary N) is 1. The first-order valence-corrected chi connectivity index (χ1v) is 12.4. The van der Waals surface area contributed by atoms with E-state index in [9.17, 15) is 9.59 Å². The first-order valence-electron chi connectivity index (χ1n) is 11.5. The molecule has 0 bridgehead atoms. The average molecular weight is 499 g/mol. The molecule has 2 aromatic carbocycles. The highest BCUT2D eigenvalue weighted by atomic mass is 32.2. The molecule has 0 saturated carbocycles. The second kappa shape index (κ2) is 12.1. The molecule has 0 radical (unpaired) electrons. The lowest BCUT2D eigenvalue weighted by Crippen LogP contribution is -2.49. The van der Waals surface area contributed by atoms with Gasteiger partial charge in [-0.3, -0.25) is 19.4 Å². The predicted molar refractivity (Wildman–Crippen MR) is 137 cm³/mol. The number of amides is 2. The fraction of sp³-hybridized carbons (Fsp3) is 0.400. The van der Waals surface area contributed by atoms with Crippen molar-refractivity contribution in [1.82, 2.24) is 9.80 Å². The summed E-state index contributed by atoms with van der Waals surface area (Å²) in [5, 5.41) is 2.84. The molecular formula is C25H30N4O5S. The highest BCUT2D eigenvalue weighted by molar-refractivity contribution is 8.15. The Morgan fingerprint density at radius 2 is 1.66 bits per heavy atom. The van der Waals surface area contributed by atoms with Crippen LogP contribution in [0, 0.1) is 0 Å². The predicted octanol–water partition coefficient (Wildman–Crippen LogP) is 3.00. The van der Waals surface area contributed by atoms with Crippen LogP contribution in [0.5, 0.6) is 11.5 Å². The molecule has 0 spiro atoms. The molecule has 2 amide bonds. The van der Waals surface area contributed by atoms with Crippen molar-refractivity contribution in [2.75, 3.05) is 58.9 Å². The van der Waals surface area contributed by atoms with E-state index >= 15 is 0 Å². The zero-order chi connectivity index (χ0) is 24.6. The normalized spacial score (nSPS) is 20.1. The van der Waals surface area contributed by atoms with E-state index in [2.05, 4.69) is 10.2 Å². The van der Waals surface area contributed by atoms with Gasteiger partial charge in [-0.25, -0.2) is 4.99 Å². The molecule has 186 valence electrons. The van der Waals surface area contributed by atoms with Crippen LogP contribution in [0.3, 0.4) is 0 Å². The SMILES string of the molecule is COc1ccc(N=C2S[C@H](C(=O)Nc3ccc(OC)cc3)CC(=O)N2CCN2CCOCC2)cc1. The number of methoxy groups -OCH3 is 2. The Morgan fingerprint density at radius 3 is 2.29 bits per heavy atom. The van der Waals surface area contributed by atoms with Crippen LogP contribution in [0.2, 0.25) is 0 Å². The van der Waals surface area contributed by atoms with Crippen molar-refractivity contribution < 1.29 is 23.8 Å². The molecule has 2 heterocycles. The van der Waals surface area contributed by atoms with Crippen molar-refractivity contribution >= 4 is 40.1 Å². The molecule has 2 aromatic rings. The van der Waals surface area contributed by atoms with Crippen LogP contribution >= 0.6 is 11.8 Å². The van der Waals surface area contributed by atoms with Gasteiger partial charge in [-0.05, 0) is 48.5 Å². The summed E-state index contributed by atoms with van der Waals surface area (Å²) >= 11 is 1.31. The van der Waals surface area contributed by atoms with Crippen LogP contribution in [0.1, 0.15) is 6.42 Å². The van der Waals surface area contributed by atoms with Gasteiger partial charge in [0.1, 0.15) is 16.7 Å². The molecule has 9 nitrogen and oxygen atoms in total. The van der Waals surface area contributed by atoms with Gasteiger partial charge in [0.05, 0.1) is 33.1 Å². The molecule has 1 N–H and O–H groups in total. The first-order chi connectivity index (χ1) is 17.1. The number of anilines is 1. The molecule has 1 atom stereocenters. The second-order valence-corrected chi connectivity index (χ2v) is 9.29. The average Bonchev–Trinajstić information content (AvgIpc) is 2.89. The number of morpholine rings is 1. The molecule has 0 aromatic heterocycles. The van der Waals surface area contributed by atoms with E-state index in [0.29, 0.717) is 42.1 Å². The quantitative estimate of drug-likeness (QED) is 0.598. The smallest absolute Gasteiger partial charge is 0.238 e. The van der Waals surface area contributed by atoms with Crippen LogP contribution < -0.4 is 14.8 Å². The van der Waals surface area contributed by atoms with Crippen molar-refractivity contribution in [1.29, 1.82) is 0 Å². The molecule has 0 aliphatic carbocycles. The number of hydrogen-bond acceptors (Lipinski definition) is 8. The third kappa shape index (κ3) is 6.74. The Kier molecular flexibility index (Phi) is 8.62. The number of rotatable bonds is 8. The van der Waals surface area contributed by atoms with Gasteiger partial charge >= 0.3 is 0 Å². The highest BCUT2D eigenvalue weighted by Gasteiger charge is 2.36. The van der Waals surface area contributed by atoms with Gasteiger partial charge < -0.3 is 19.5 Å². The third-order valence-electron chi connectivity index (χ3n) is 5.83. The Hall–Kier alpha value is -3.08.